The van der Waals surface area contributed by atoms with Crippen LogP contribution < -0.4 is 0 Å². The van der Waals surface area contributed by atoms with Crippen molar-refractivity contribution in [2.24, 2.45) is 0 Å². The first-order valence-corrected chi connectivity index (χ1v) is 8.91. The average molecular weight is 330 g/mol. The fourth-order valence-corrected chi connectivity index (χ4v) is 3.95. The minimum Gasteiger partial charge on any atom is -0.0984 e. The molecule has 5 rings (SSSR count). The minimum atomic E-state index is 1.16. The van der Waals surface area contributed by atoms with Gasteiger partial charge in [0.1, 0.15) is 0 Å². The van der Waals surface area contributed by atoms with Crippen LogP contribution in [-0.4, -0.2) is 0 Å². The van der Waals surface area contributed by atoms with Gasteiger partial charge in [-0.15, -0.1) is 0 Å². The van der Waals surface area contributed by atoms with Gasteiger partial charge >= 0.3 is 0 Å². The van der Waals surface area contributed by atoms with Crippen LogP contribution in [-0.2, 0) is 0 Å². The summed E-state index contributed by atoms with van der Waals surface area (Å²) < 4.78 is 0. The highest BCUT2D eigenvalue weighted by Gasteiger charge is 2.10. The molecular formula is C26H18. The second-order valence-corrected chi connectivity index (χ2v) is 6.68. The summed E-state index contributed by atoms with van der Waals surface area (Å²) >= 11 is 0. The molecule has 26 heavy (non-hydrogen) atoms. The Balaban J connectivity index is 1.97. The van der Waals surface area contributed by atoms with Crippen LogP contribution in [0.25, 0.3) is 49.5 Å². The highest BCUT2D eigenvalue weighted by molar-refractivity contribution is 6.17. The Labute approximate surface area is 153 Å². The van der Waals surface area contributed by atoms with E-state index in [4.69, 9.17) is 0 Å². The van der Waals surface area contributed by atoms with Crippen LogP contribution in [0.5, 0.6) is 0 Å². The van der Waals surface area contributed by atoms with Crippen molar-refractivity contribution in [1.82, 2.24) is 0 Å². The van der Waals surface area contributed by atoms with Crippen molar-refractivity contribution in [2.45, 2.75) is 0 Å². The monoisotopic (exact) mass is 330 g/mol. The van der Waals surface area contributed by atoms with Crippen molar-refractivity contribution in [1.29, 1.82) is 0 Å². The zero-order valence-corrected chi connectivity index (χ0v) is 14.4. The van der Waals surface area contributed by atoms with Crippen molar-refractivity contribution >= 4 is 38.4 Å². The summed E-state index contributed by atoms with van der Waals surface area (Å²) in [7, 11) is 0. The molecule has 5 aromatic rings. The molecule has 0 radical (unpaired) electrons. The first-order chi connectivity index (χ1) is 12.8. The molecule has 122 valence electrons. The van der Waals surface area contributed by atoms with Crippen LogP contribution in [0, 0.1) is 0 Å². The van der Waals surface area contributed by atoms with Crippen LogP contribution in [0.15, 0.2) is 97.6 Å². The molecular weight excluding hydrogens is 312 g/mol. The molecule has 0 aliphatic heterocycles. The van der Waals surface area contributed by atoms with Gasteiger partial charge in [0.25, 0.3) is 0 Å². The third-order valence-corrected chi connectivity index (χ3v) is 5.20. The van der Waals surface area contributed by atoms with Gasteiger partial charge in [-0.25, -0.2) is 0 Å². The topological polar surface area (TPSA) is 0 Å². The van der Waals surface area contributed by atoms with Gasteiger partial charge in [0, 0.05) is 0 Å². The van der Waals surface area contributed by atoms with Gasteiger partial charge in [-0.05, 0) is 61.1 Å². The predicted molar refractivity (Wildman–Crippen MR) is 114 cm³/mol. The standard InChI is InChI=1S/C26H18/c1-2-18-8-5-6-12-23(18)24-13-7-11-19-14-15-22-16-20-9-3-4-10-21(20)17-25(22)26(19)24/h2-17H,1H2. The highest BCUT2D eigenvalue weighted by Crippen LogP contribution is 2.37. The van der Waals surface area contributed by atoms with E-state index in [0.29, 0.717) is 0 Å². The highest BCUT2D eigenvalue weighted by atomic mass is 14.1. The molecule has 0 saturated carbocycles. The summed E-state index contributed by atoms with van der Waals surface area (Å²) in [4.78, 5) is 0. The summed E-state index contributed by atoms with van der Waals surface area (Å²) in [5.41, 5.74) is 3.66. The molecule has 0 bridgehead atoms. The maximum atomic E-state index is 4.00. The van der Waals surface area contributed by atoms with Gasteiger partial charge in [-0.1, -0.05) is 91.5 Å². The van der Waals surface area contributed by atoms with E-state index in [-0.39, 0.29) is 0 Å². The first-order valence-electron chi connectivity index (χ1n) is 8.91. The molecule has 0 nitrogen and oxygen atoms in total. The van der Waals surface area contributed by atoms with Gasteiger partial charge in [-0.3, -0.25) is 0 Å². The number of fused-ring (bicyclic) bond motifs is 4. The van der Waals surface area contributed by atoms with E-state index >= 15 is 0 Å². The number of benzene rings is 5. The van der Waals surface area contributed by atoms with E-state index in [1.165, 1.54) is 43.4 Å². The van der Waals surface area contributed by atoms with Crippen LogP contribution in [0.4, 0.5) is 0 Å². The van der Waals surface area contributed by atoms with Gasteiger partial charge in [0.2, 0.25) is 0 Å². The van der Waals surface area contributed by atoms with Crippen molar-refractivity contribution in [2.75, 3.05) is 0 Å². The van der Waals surface area contributed by atoms with Gasteiger partial charge in [0.15, 0.2) is 0 Å². The van der Waals surface area contributed by atoms with Crippen LogP contribution in [0.3, 0.4) is 0 Å². The van der Waals surface area contributed by atoms with Crippen LogP contribution in [0.2, 0.25) is 0 Å². The summed E-state index contributed by atoms with van der Waals surface area (Å²) in [6.45, 7) is 4.00. The van der Waals surface area contributed by atoms with Crippen LogP contribution in [0.1, 0.15) is 5.56 Å². The maximum absolute atomic E-state index is 4.00. The lowest BCUT2D eigenvalue weighted by Crippen LogP contribution is -1.87. The molecule has 0 unspecified atom stereocenters. The summed E-state index contributed by atoms with van der Waals surface area (Å²) in [5.74, 6) is 0. The lowest BCUT2D eigenvalue weighted by molar-refractivity contribution is 1.63. The number of hydrogen-bond donors (Lipinski definition) is 0. The molecule has 0 heterocycles. The Morgan fingerprint density at radius 3 is 2.04 bits per heavy atom. The quantitative estimate of drug-likeness (QED) is 0.233. The van der Waals surface area contributed by atoms with Crippen molar-refractivity contribution in [3.05, 3.63) is 103 Å². The molecule has 5 aromatic carbocycles. The molecule has 0 spiro atoms. The summed E-state index contributed by atoms with van der Waals surface area (Å²) in [5, 5.41) is 7.72. The SMILES string of the molecule is C=Cc1ccccc1-c1cccc2ccc3cc4ccccc4cc3c12. The van der Waals surface area contributed by atoms with E-state index in [1.807, 2.05) is 6.08 Å². The van der Waals surface area contributed by atoms with E-state index in [2.05, 4.69) is 97.6 Å². The third-order valence-electron chi connectivity index (χ3n) is 5.20. The molecule has 0 amide bonds. The zero-order valence-electron chi connectivity index (χ0n) is 14.4. The Kier molecular flexibility index (Phi) is 3.36. The number of hydrogen-bond acceptors (Lipinski definition) is 0. The normalized spacial score (nSPS) is 11.2. The van der Waals surface area contributed by atoms with Crippen LogP contribution >= 0.6 is 0 Å². The Hall–Kier alpha value is -3.38. The summed E-state index contributed by atoms with van der Waals surface area (Å²) in [6.07, 6.45) is 1.94. The fraction of sp³-hybridized carbons (Fsp3) is 0. The second kappa shape index (κ2) is 5.86. The van der Waals surface area contributed by atoms with E-state index in [0.717, 1.165) is 5.56 Å². The van der Waals surface area contributed by atoms with Gasteiger partial charge in [-0.2, -0.15) is 0 Å². The summed E-state index contributed by atoms with van der Waals surface area (Å²) in [6, 6.07) is 32.7. The van der Waals surface area contributed by atoms with Gasteiger partial charge in [0.05, 0.1) is 0 Å². The largest absolute Gasteiger partial charge is 0.0984 e. The van der Waals surface area contributed by atoms with Gasteiger partial charge < -0.3 is 0 Å². The molecule has 0 saturated heterocycles. The molecule has 0 atom stereocenters. The predicted octanol–water partition coefficient (Wildman–Crippen LogP) is 7.46. The third kappa shape index (κ3) is 2.23. The molecule has 0 aromatic heterocycles. The Bertz CT molecular complexity index is 1290. The van der Waals surface area contributed by atoms with E-state index < -0.39 is 0 Å². The first kappa shape index (κ1) is 14.9. The smallest absolute Gasteiger partial charge is 0.00264 e. The second-order valence-electron chi connectivity index (χ2n) is 6.68. The lowest BCUT2D eigenvalue weighted by Gasteiger charge is -2.13. The lowest BCUT2D eigenvalue weighted by atomic mass is 9.90. The van der Waals surface area contributed by atoms with Crippen molar-refractivity contribution < 1.29 is 0 Å². The fourth-order valence-electron chi connectivity index (χ4n) is 3.95. The molecule has 0 heteroatoms. The molecule has 0 fully saturated rings. The molecule has 0 aliphatic carbocycles. The van der Waals surface area contributed by atoms with Crippen molar-refractivity contribution in [3.8, 4) is 11.1 Å². The molecule has 0 aliphatic rings. The maximum Gasteiger partial charge on any atom is -0.00264 e. The average Bonchev–Trinajstić information content (AvgIpc) is 2.71. The molecule has 0 N–H and O–H groups in total. The number of rotatable bonds is 2. The Morgan fingerprint density at radius 2 is 1.19 bits per heavy atom. The van der Waals surface area contributed by atoms with E-state index in [9.17, 15) is 0 Å². The zero-order chi connectivity index (χ0) is 17.5. The van der Waals surface area contributed by atoms with E-state index in [1.54, 1.807) is 0 Å². The minimum absolute atomic E-state index is 1.16. The Morgan fingerprint density at radius 1 is 0.538 bits per heavy atom. The van der Waals surface area contributed by atoms with Crippen molar-refractivity contribution in [3.63, 3.8) is 0 Å².